The fourth-order valence-corrected chi connectivity index (χ4v) is 9.42. The van der Waals surface area contributed by atoms with Crippen molar-refractivity contribution in [1.82, 2.24) is 0 Å². The Morgan fingerprint density at radius 2 is 1.69 bits per heavy atom. The summed E-state index contributed by atoms with van der Waals surface area (Å²) in [7, 11) is 0. The quantitative estimate of drug-likeness (QED) is 0.273. The summed E-state index contributed by atoms with van der Waals surface area (Å²) in [6.45, 7) is 10.1. The second-order valence-corrected chi connectivity index (χ2v) is 12.3. The van der Waals surface area contributed by atoms with E-state index in [1.54, 1.807) is 12.6 Å². The summed E-state index contributed by atoms with van der Waals surface area (Å²) in [5, 5.41) is 12.0. The molecule has 166 valence electrons. The minimum atomic E-state index is 0.404. The maximum atomic E-state index is 8.74. The van der Waals surface area contributed by atoms with E-state index in [0.717, 1.165) is 41.9 Å². The fraction of sp³-hybridized carbons (Fsp3) is 0.963. The van der Waals surface area contributed by atoms with Crippen LogP contribution in [0.15, 0.2) is 5.16 Å². The zero-order chi connectivity index (χ0) is 20.6. The summed E-state index contributed by atoms with van der Waals surface area (Å²) in [5.41, 5.74) is 1.28. The van der Waals surface area contributed by atoms with Gasteiger partial charge in [0.05, 0.1) is 0 Å². The molecule has 0 amide bonds. The molecule has 0 aliphatic heterocycles. The topological polar surface area (TPSA) is 32.6 Å². The van der Waals surface area contributed by atoms with E-state index in [4.69, 9.17) is 5.21 Å². The lowest BCUT2D eigenvalue weighted by molar-refractivity contribution is -0.114. The van der Waals surface area contributed by atoms with E-state index in [9.17, 15) is 0 Å². The van der Waals surface area contributed by atoms with Crippen LogP contribution < -0.4 is 0 Å². The van der Waals surface area contributed by atoms with Crippen molar-refractivity contribution >= 4 is 6.21 Å². The molecule has 29 heavy (non-hydrogen) atoms. The van der Waals surface area contributed by atoms with Gasteiger partial charge < -0.3 is 5.21 Å². The molecular formula is C27H47NO. The number of oxime groups is 1. The van der Waals surface area contributed by atoms with Gasteiger partial charge in [-0.25, -0.2) is 0 Å². The van der Waals surface area contributed by atoms with E-state index in [1.807, 2.05) is 0 Å². The monoisotopic (exact) mass is 401 g/mol. The summed E-state index contributed by atoms with van der Waals surface area (Å²) in [6, 6.07) is 0. The Bertz CT molecular complexity index is 587. The van der Waals surface area contributed by atoms with Gasteiger partial charge in [-0.15, -0.1) is 5.16 Å². The number of hydrogen-bond acceptors (Lipinski definition) is 2. The van der Waals surface area contributed by atoms with Gasteiger partial charge in [-0.05, 0) is 110 Å². The molecule has 0 aromatic carbocycles. The molecule has 0 aromatic heterocycles. The summed E-state index contributed by atoms with van der Waals surface area (Å²) >= 11 is 0. The average molecular weight is 402 g/mol. The Morgan fingerprint density at radius 3 is 2.48 bits per heavy atom. The van der Waals surface area contributed by atoms with Gasteiger partial charge in [0.15, 0.2) is 0 Å². The first kappa shape index (κ1) is 21.7. The Morgan fingerprint density at radius 1 is 0.897 bits per heavy atom. The van der Waals surface area contributed by atoms with Crippen LogP contribution >= 0.6 is 0 Å². The van der Waals surface area contributed by atoms with Crippen LogP contribution in [-0.4, -0.2) is 11.4 Å². The molecular weight excluding hydrogens is 354 g/mol. The predicted octanol–water partition coefficient (Wildman–Crippen LogP) is 7.94. The van der Waals surface area contributed by atoms with Crippen LogP contribution in [0.25, 0.3) is 0 Å². The zero-order valence-electron chi connectivity index (χ0n) is 19.7. The molecule has 2 heteroatoms. The standard InChI is InChI=1S/C27H47NO/c1-19(18-28-29)8-7-9-20(2)23-13-14-24-22-12-11-21-10-5-6-16-26(21,3)25(22)15-17-27(23,24)4/h18-25,29H,5-17H2,1-4H3/t19?,20-,21?,22+,23-,24+,25+,26+,27-/m1/s1. The van der Waals surface area contributed by atoms with E-state index in [-0.39, 0.29) is 0 Å². The fourth-order valence-electron chi connectivity index (χ4n) is 9.42. The van der Waals surface area contributed by atoms with Crippen LogP contribution in [0.5, 0.6) is 0 Å². The van der Waals surface area contributed by atoms with E-state index < -0.39 is 0 Å². The number of nitrogens with zero attached hydrogens (tertiary/aromatic N) is 1. The van der Waals surface area contributed by atoms with Gasteiger partial charge in [-0.1, -0.05) is 53.4 Å². The molecule has 4 aliphatic rings. The highest BCUT2D eigenvalue weighted by atomic mass is 16.4. The third-order valence-electron chi connectivity index (χ3n) is 11.0. The van der Waals surface area contributed by atoms with E-state index in [0.29, 0.717) is 16.7 Å². The average Bonchev–Trinajstić information content (AvgIpc) is 3.05. The van der Waals surface area contributed by atoms with Crippen molar-refractivity contribution in [3.63, 3.8) is 0 Å². The van der Waals surface area contributed by atoms with Gasteiger partial charge in [-0.2, -0.15) is 0 Å². The van der Waals surface area contributed by atoms with E-state index >= 15 is 0 Å². The molecule has 2 unspecified atom stereocenters. The van der Waals surface area contributed by atoms with E-state index in [1.165, 1.54) is 70.6 Å². The maximum Gasteiger partial charge on any atom is 0.0464 e. The molecule has 0 saturated heterocycles. The highest BCUT2D eigenvalue weighted by Crippen LogP contribution is 2.68. The van der Waals surface area contributed by atoms with Gasteiger partial charge >= 0.3 is 0 Å². The van der Waals surface area contributed by atoms with Gasteiger partial charge in [0, 0.05) is 6.21 Å². The lowest BCUT2D eigenvalue weighted by atomic mass is 9.44. The van der Waals surface area contributed by atoms with Crippen LogP contribution in [0, 0.1) is 52.3 Å². The molecule has 0 heterocycles. The molecule has 0 aromatic rings. The van der Waals surface area contributed by atoms with E-state index in [2.05, 4.69) is 32.9 Å². The van der Waals surface area contributed by atoms with Crippen molar-refractivity contribution < 1.29 is 5.21 Å². The first-order chi connectivity index (χ1) is 13.9. The van der Waals surface area contributed by atoms with Crippen molar-refractivity contribution in [1.29, 1.82) is 0 Å². The summed E-state index contributed by atoms with van der Waals surface area (Å²) < 4.78 is 0. The lowest BCUT2D eigenvalue weighted by Gasteiger charge is -2.61. The number of rotatable bonds is 6. The predicted molar refractivity (Wildman–Crippen MR) is 122 cm³/mol. The van der Waals surface area contributed by atoms with Crippen LogP contribution in [0.2, 0.25) is 0 Å². The summed E-state index contributed by atoms with van der Waals surface area (Å²) in [4.78, 5) is 0. The maximum absolute atomic E-state index is 8.74. The Kier molecular flexibility index (Phi) is 6.39. The molecule has 4 rings (SSSR count). The minimum Gasteiger partial charge on any atom is -0.411 e. The second-order valence-electron chi connectivity index (χ2n) is 12.3. The first-order valence-electron chi connectivity index (χ1n) is 13.1. The SMILES string of the molecule is CC(C=NO)CCC[C@@H](C)[C@H]1CC[C@H]2[C@@H]3CCC4CCCC[C@]4(C)[C@H]3CC[C@]12C. The molecule has 4 saturated carbocycles. The Labute approximate surface area is 180 Å². The van der Waals surface area contributed by atoms with Gasteiger partial charge in [-0.3, -0.25) is 0 Å². The van der Waals surface area contributed by atoms with Gasteiger partial charge in [0.25, 0.3) is 0 Å². The zero-order valence-corrected chi connectivity index (χ0v) is 19.7. The first-order valence-corrected chi connectivity index (χ1v) is 13.1. The Hall–Kier alpha value is -0.530. The van der Waals surface area contributed by atoms with Gasteiger partial charge in [0.2, 0.25) is 0 Å². The second kappa shape index (κ2) is 8.54. The van der Waals surface area contributed by atoms with Crippen molar-refractivity contribution in [2.45, 2.75) is 111 Å². The third kappa shape index (κ3) is 3.80. The minimum absolute atomic E-state index is 0.404. The lowest BCUT2D eigenvalue weighted by Crippen LogP contribution is -2.53. The molecule has 4 aliphatic carbocycles. The van der Waals surface area contributed by atoms with Crippen LogP contribution in [0.3, 0.4) is 0 Å². The van der Waals surface area contributed by atoms with Crippen molar-refractivity contribution in [3.05, 3.63) is 0 Å². The van der Waals surface area contributed by atoms with Crippen molar-refractivity contribution in [2.75, 3.05) is 0 Å². The largest absolute Gasteiger partial charge is 0.411 e. The van der Waals surface area contributed by atoms with Gasteiger partial charge in [0.1, 0.15) is 0 Å². The van der Waals surface area contributed by atoms with Crippen LogP contribution in [0.1, 0.15) is 111 Å². The van der Waals surface area contributed by atoms with Crippen molar-refractivity contribution in [2.24, 2.45) is 57.4 Å². The summed E-state index contributed by atoms with van der Waals surface area (Å²) in [6.07, 6.45) is 20.6. The molecule has 4 fully saturated rings. The third-order valence-corrected chi connectivity index (χ3v) is 11.0. The molecule has 9 atom stereocenters. The number of fused-ring (bicyclic) bond motifs is 5. The summed E-state index contributed by atoms with van der Waals surface area (Å²) in [5.74, 6) is 6.31. The highest BCUT2D eigenvalue weighted by Gasteiger charge is 2.59. The molecule has 0 radical (unpaired) electrons. The number of hydrogen-bond donors (Lipinski definition) is 1. The van der Waals surface area contributed by atoms with Crippen LogP contribution in [-0.2, 0) is 0 Å². The normalized spacial score (nSPS) is 46.7. The molecule has 1 N–H and O–H groups in total. The molecule has 0 spiro atoms. The molecule has 0 bridgehead atoms. The van der Waals surface area contributed by atoms with Crippen molar-refractivity contribution in [3.8, 4) is 0 Å². The Balaban J connectivity index is 1.41. The van der Waals surface area contributed by atoms with Crippen LogP contribution in [0.4, 0.5) is 0 Å². The smallest absolute Gasteiger partial charge is 0.0464 e. The highest BCUT2D eigenvalue weighted by molar-refractivity contribution is 5.59. The molecule has 2 nitrogen and oxygen atoms in total.